The van der Waals surface area contributed by atoms with Crippen LogP contribution in [0.25, 0.3) is 0 Å². The summed E-state index contributed by atoms with van der Waals surface area (Å²) in [4.78, 5) is 14.3. The highest BCUT2D eigenvalue weighted by molar-refractivity contribution is 9.10. The summed E-state index contributed by atoms with van der Waals surface area (Å²) in [6.45, 7) is 5.60. The number of nitrogens with zero attached hydrogens (tertiary/aromatic N) is 3. The zero-order chi connectivity index (χ0) is 13.3. The maximum atomic E-state index is 12.2. The van der Waals surface area contributed by atoms with E-state index >= 15 is 0 Å². The quantitative estimate of drug-likeness (QED) is 0.898. The molecule has 1 aromatic rings. The van der Waals surface area contributed by atoms with E-state index < -0.39 is 0 Å². The summed E-state index contributed by atoms with van der Waals surface area (Å²) < 4.78 is 2.07. The fourth-order valence-electron chi connectivity index (χ4n) is 2.25. The molecule has 1 atom stereocenters. The summed E-state index contributed by atoms with van der Waals surface area (Å²) in [5.74, 6) is 0. The van der Waals surface area contributed by atoms with Crippen LogP contribution in [0.5, 0.6) is 0 Å². The fourth-order valence-corrected chi connectivity index (χ4v) is 2.79. The molecule has 1 aliphatic heterocycles. The van der Waals surface area contributed by atoms with Crippen LogP contribution < -0.4 is 16.2 Å². The Morgan fingerprint density at radius 2 is 2.28 bits per heavy atom. The second kappa shape index (κ2) is 5.40. The molecule has 1 aromatic heterocycles. The molecule has 100 valence electrons. The molecule has 0 radical (unpaired) electrons. The number of piperidine rings is 1. The first-order chi connectivity index (χ1) is 8.50. The van der Waals surface area contributed by atoms with Crippen LogP contribution in [0.2, 0.25) is 0 Å². The van der Waals surface area contributed by atoms with Gasteiger partial charge in [0, 0.05) is 19.1 Å². The third kappa shape index (κ3) is 2.59. The number of hydrogen-bond donors (Lipinski definition) is 1. The minimum atomic E-state index is -0.0818. The molecular weight excluding hydrogens is 296 g/mol. The Kier molecular flexibility index (Phi) is 4.07. The van der Waals surface area contributed by atoms with Gasteiger partial charge in [-0.05, 0) is 42.6 Å². The van der Waals surface area contributed by atoms with Crippen LogP contribution in [0, 0.1) is 0 Å². The summed E-state index contributed by atoms with van der Waals surface area (Å²) in [5.41, 5.74) is 6.74. The minimum Gasteiger partial charge on any atom is -0.368 e. The largest absolute Gasteiger partial charge is 0.368 e. The van der Waals surface area contributed by atoms with Gasteiger partial charge in [-0.1, -0.05) is 0 Å². The summed E-state index contributed by atoms with van der Waals surface area (Å²) in [6.07, 6.45) is 3.86. The van der Waals surface area contributed by atoms with Crippen LogP contribution in [0.15, 0.2) is 15.5 Å². The second-order valence-corrected chi connectivity index (χ2v) is 5.83. The van der Waals surface area contributed by atoms with Crippen LogP contribution in [-0.2, 0) is 0 Å². The molecular formula is C12H19BrN4O. The SMILES string of the molecule is CC(C)n1ncc(N2CCC[C@@H](N)C2)c(Br)c1=O. The highest BCUT2D eigenvalue weighted by Gasteiger charge is 2.21. The predicted octanol–water partition coefficient (Wildman–Crippen LogP) is 1.51. The van der Waals surface area contributed by atoms with E-state index in [-0.39, 0.29) is 17.6 Å². The number of halogens is 1. The molecule has 0 spiro atoms. The van der Waals surface area contributed by atoms with Crippen LogP contribution in [0.3, 0.4) is 0 Å². The number of anilines is 1. The van der Waals surface area contributed by atoms with Crippen molar-refractivity contribution >= 4 is 21.6 Å². The monoisotopic (exact) mass is 314 g/mol. The van der Waals surface area contributed by atoms with Crippen molar-refractivity contribution in [3.63, 3.8) is 0 Å². The Bertz CT molecular complexity index is 485. The summed E-state index contributed by atoms with van der Waals surface area (Å²) in [6, 6.07) is 0.240. The Morgan fingerprint density at radius 1 is 1.56 bits per heavy atom. The van der Waals surface area contributed by atoms with Gasteiger partial charge in [-0.15, -0.1) is 0 Å². The number of hydrogen-bond acceptors (Lipinski definition) is 4. The van der Waals surface area contributed by atoms with E-state index in [1.807, 2.05) is 13.8 Å². The Morgan fingerprint density at radius 3 is 2.89 bits per heavy atom. The van der Waals surface area contributed by atoms with Gasteiger partial charge >= 0.3 is 0 Å². The normalized spacial score (nSPS) is 20.5. The molecule has 0 bridgehead atoms. The van der Waals surface area contributed by atoms with Gasteiger partial charge in [-0.25, -0.2) is 4.68 Å². The molecule has 5 nitrogen and oxygen atoms in total. The van der Waals surface area contributed by atoms with E-state index in [1.54, 1.807) is 6.20 Å². The predicted molar refractivity (Wildman–Crippen MR) is 76.0 cm³/mol. The van der Waals surface area contributed by atoms with Gasteiger partial charge in [0.05, 0.1) is 17.9 Å². The second-order valence-electron chi connectivity index (χ2n) is 5.04. The molecule has 2 rings (SSSR count). The van der Waals surface area contributed by atoms with Gasteiger partial charge in [0.15, 0.2) is 0 Å². The first-order valence-corrected chi connectivity index (χ1v) is 7.08. The summed E-state index contributed by atoms with van der Waals surface area (Å²) >= 11 is 3.40. The molecule has 1 saturated heterocycles. The molecule has 6 heteroatoms. The summed E-state index contributed by atoms with van der Waals surface area (Å²) in [5, 5.41) is 4.23. The van der Waals surface area contributed by atoms with Gasteiger partial charge in [0.2, 0.25) is 0 Å². The molecule has 1 aliphatic rings. The van der Waals surface area contributed by atoms with Gasteiger partial charge < -0.3 is 10.6 Å². The van der Waals surface area contributed by atoms with Crippen LogP contribution >= 0.6 is 15.9 Å². The highest BCUT2D eigenvalue weighted by Crippen LogP contribution is 2.24. The van der Waals surface area contributed by atoms with Gasteiger partial charge in [-0.2, -0.15) is 5.10 Å². The van der Waals surface area contributed by atoms with Crippen molar-refractivity contribution in [3.8, 4) is 0 Å². The standard InChI is InChI=1S/C12H19BrN4O/c1-8(2)17-12(18)11(13)10(6-15-17)16-5-3-4-9(14)7-16/h6,8-9H,3-5,7,14H2,1-2H3/t9-/m1/s1. The van der Waals surface area contributed by atoms with Crippen molar-refractivity contribution in [2.24, 2.45) is 5.73 Å². The van der Waals surface area contributed by atoms with E-state index in [2.05, 4.69) is 25.9 Å². The molecule has 18 heavy (non-hydrogen) atoms. The molecule has 0 aromatic carbocycles. The maximum absolute atomic E-state index is 12.2. The van der Waals surface area contributed by atoms with E-state index in [0.717, 1.165) is 31.6 Å². The van der Waals surface area contributed by atoms with Crippen molar-refractivity contribution in [2.45, 2.75) is 38.8 Å². The van der Waals surface area contributed by atoms with Crippen molar-refractivity contribution < 1.29 is 0 Å². The molecule has 0 unspecified atom stereocenters. The summed E-state index contributed by atoms with van der Waals surface area (Å²) in [7, 11) is 0. The first-order valence-electron chi connectivity index (χ1n) is 6.28. The van der Waals surface area contributed by atoms with E-state index in [4.69, 9.17) is 5.73 Å². The van der Waals surface area contributed by atoms with E-state index in [1.165, 1.54) is 4.68 Å². The Balaban J connectivity index is 2.35. The van der Waals surface area contributed by atoms with Crippen molar-refractivity contribution in [1.82, 2.24) is 9.78 Å². The third-order valence-electron chi connectivity index (χ3n) is 3.21. The van der Waals surface area contributed by atoms with Crippen LogP contribution in [0.4, 0.5) is 5.69 Å². The lowest BCUT2D eigenvalue weighted by Crippen LogP contribution is -2.43. The van der Waals surface area contributed by atoms with Crippen LogP contribution in [-0.4, -0.2) is 28.9 Å². The lowest BCUT2D eigenvalue weighted by molar-refractivity contribution is 0.488. The molecule has 0 aliphatic carbocycles. The van der Waals surface area contributed by atoms with Gasteiger partial charge in [0.25, 0.3) is 5.56 Å². The van der Waals surface area contributed by atoms with Crippen molar-refractivity contribution in [3.05, 3.63) is 21.0 Å². The smallest absolute Gasteiger partial charge is 0.283 e. The molecule has 0 amide bonds. The minimum absolute atomic E-state index is 0.0615. The van der Waals surface area contributed by atoms with E-state index in [9.17, 15) is 4.79 Å². The van der Waals surface area contributed by atoms with Crippen LogP contribution in [0.1, 0.15) is 32.7 Å². The number of rotatable bonds is 2. The Hall–Kier alpha value is -0.880. The lowest BCUT2D eigenvalue weighted by atomic mass is 10.1. The highest BCUT2D eigenvalue weighted by atomic mass is 79.9. The molecule has 1 fully saturated rings. The van der Waals surface area contributed by atoms with Crippen molar-refractivity contribution in [1.29, 1.82) is 0 Å². The number of nitrogens with two attached hydrogens (primary N) is 1. The van der Waals surface area contributed by atoms with E-state index in [0.29, 0.717) is 4.47 Å². The maximum Gasteiger partial charge on any atom is 0.283 e. The zero-order valence-electron chi connectivity index (χ0n) is 10.8. The van der Waals surface area contributed by atoms with Crippen molar-refractivity contribution in [2.75, 3.05) is 18.0 Å². The number of aromatic nitrogens is 2. The third-order valence-corrected chi connectivity index (χ3v) is 3.96. The zero-order valence-corrected chi connectivity index (χ0v) is 12.4. The fraction of sp³-hybridized carbons (Fsp3) is 0.667. The lowest BCUT2D eigenvalue weighted by Gasteiger charge is -2.32. The molecule has 2 heterocycles. The topological polar surface area (TPSA) is 64.2 Å². The Labute approximate surface area is 115 Å². The first kappa shape index (κ1) is 13.5. The van der Waals surface area contributed by atoms with Gasteiger partial charge in [-0.3, -0.25) is 4.79 Å². The average Bonchev–Trinajstić information content (AvgIpc) is 2.32. The average molecular weight is 315 g/mol. The van der Waals surface area contributed by atoms with Gasteiger partial charge in [0.1, 0.15) is 4.47 Å². The molecule has 2 N–H and O–H groups in total. The molecule has 0 saturated carbocycles.